The molecular weight excluding hydrogens is 367 g/mol. The van der Waals surface area contributed by atoms with Gasteiger partial charge in [0.15, 0.2) is 0 Å². The number of hydrogen-bond acceptors (Lipinski definition) is 2. The minimum Gasteiger partial charge on any atom is -0.342 e. The van der Waals surface area contributed by atoms with Crippen molar-refractivity contribution in [1.82, 2.24) is 9.80 Å². The zero-order chi connectivity index (χ0) is 18.1. The van der Waals surface area contributed by atoms with Crippen LogP contribution in [-0.2, 0) is 17.8 Å². The van der Waals surface area contributed by atoms with E-state index in [-0.39, 0.29) is 5.91 Å². The first-order chi connectivity index (χ1) is 12.5. The normalized spacial score (nSPS) is 18.9. The monoisotopic (exact) mass is 388 g/mol. The molecule has 0 radical (unpaired) electrons. The molecule has 136 valence electrons. The molecule has 1 amide bonds. The molecule has 4 rings (SSSR count). The lowest BCUT2D eigenvalue weighted by atomic mass is 9.79. The molecule has 26 heavy (non-hydrogen) atoms. The highest BCUT2D eigenvalue weighted by molar-refractivity contribution is 6.30. The molecule has 2 aliphatic heterocycles. The zero-order valence-electron chi connectivity index (χ0n) is 14.6. The highest BCUT2D eigenvalue weighted by atomic mass is 35.5. The minimum atomic E-state index is 0.223. The molecule has 2 aromatic carbocycles. The van der Waals surface area contributed by atoms with E-state index in [0.717, 1.165) is 49.7 Å². The predicted octanol–water partition coefficient (Wildman–Crippen LogP) is 4.27. The van der Waals surface area contributed by atoms with Crippen LogP contribution in [0, 0.1) is 5.41 Å². The molecule has 3 nitrogen and oxygen atoms in total. The van der Waals surface area contributed by atoms with E-state index in [0.29, 0.717) is 16.9 Å². The van der Waals surface area contributed by atoms with Crippen molar-refractivity contribution in [2.45, 2.75) is 19.4 Å². The van der Waals surface area contributed by atoms with Crippen molar-refractivity contribution in [2.24, 2.45) is 5.41 Å². The van der Waals surface area contributed by atoms with E-state index >= 15 is 0 Å². The number of halogens is 2. The van der Waals surface area contributed by atoms with Crippen LogP contribution in [0.2, 0.25) is 10.0 Å². The van der Waals surface area contributed by atoms with E-state index in [4.69, 9.17) is 23.2 Å². The van der Waals surface area contributed by atoms with Crippen molar-refractivity contribution in [1.29, 1.82) is 0 Å². The van der Waals surface area contributed by atoms with E-state index in [9.17, 15) is 4.79 Å². The Labute approximate surface area is 164 Å². The summed E-state index contributed by atoms with van der Waals surface area (Å²) in [6, 6.07) is 15.6. The number of carbonyl (C=O) groups excluding carboxylic acids is 1. The van der Waals surface area contributed by atoms with Gasteiger partial charge in [-0.3, -0.25) is 9.69 Å². The molecule has 2 aliphatic rings. The van der Waals surface area contributed by atoms with Crippen LogP contribution < -0.4 is 0 Å². The van der Waals surface area contributed by atoms with E-state index in [2.05, 4.69) is 17.0 Å². The fourth-order valence-corrected chi connectivity index (χ4v) is 4.41. The first-order valence-electron chi connectivity index (χ1n) is 9.00. The topological polar surface area (TPSA) is 23.6 Å². The third-order valence-electron chi connectivity index (χ3n) is 5.50. The van der Waals surface area contributed by atoms with Gasteiger partial charge in [-0.15, -0.1) is 0 Å². The summed E-state index contributed by atoms with van der Waals surface area (Å²) in [6.45, 7) is 4.86. The van der Waals surface area contributed by atoms with Gasteiger partial charge in [-0.2, -0.15) is 0 Å². The Morgan fingerprint density at radius 2 is 1.46 bits per heavy atom. The predicted molar refractivity (Wildman–Crippen MR) is 106 cm³/mol. The Morgan fingerprint density at radius 1 is 0.885 bits per heavy atom. The Morgan fingerprint density at radius 3 is 2.08 bits per heavy atom. The van der Waals surface area contributed by atoms with Crippen molar-refractivity contribution < 1.29 is 4.79 Å². The fourth-order valence-electron chi connectivity index (χ4n) is 4.16. The number of rotatable bonds is 4. The second-order valence-electron chi connectivity index (χ2n) is 7.64. The summed E-state index contributed by atoms with van der Waals surface area (Å²) in [5, 5.41) is 1.48. The molecule has 0 aromatic heterocycles. The molecule has 0 unspecified atom stereocenters. The van der Waals surface area contributed by atoms with Gasteiger partial charge in [0.2, 0.25) is 5.91 Å². The van der Waals surface area contributed by atoms with Gasteiger partial charge >= 0.3 is 0 Å². The Balaban J connectivity index is 1.28. The van der Waals surface area contributed by atoms with Gasteiger partial charge in [0.1, 0.15) is 0 Å². The molecule has 5 heteroatoms. The highest BCUT2D eigenvalue weighted by Gasteiger charge is 2.48. The van der Waals surface area contributed by atoms with Crippen LogP contribution in [0.4, 0.5) is 0 Å². The number of carbonyl (C=O) groups is 1. The summed E-state index contributed by atoms with van der Waals surface area (Å²) in [5.41, 5.74) is 2.61. The van der Waals surface area contributed by atoms with E-state index in [1.807, 2.05) is 41.3 Å². The number of likely N-dealkylation sites (tertiary alicyclic amines) is 2. The van der Waals surface area contributed by atoms with Crippen molar-refractivity contribution in [3.05, 3.63) is 69.7 Å². The number of nitrogens with zero attached hydrogens (tertiary/aromatic N) is 2. The van der Waals surface area contributed by atoms with Gasteiger partial charge in [0, 0.05) is 48.2 Å². The lowest BCUT2D eigenvalue weighted by Gasteiger charge is -2.48. The third-order valence-corrected chi connectivity index (χ3v) is 6.00. The summed E-state index contributed by atoms with van der Waals surface area (Å²) in [4.78, 5) is 17.1. The fraction of sp³-hybridized carbons (Fsp3) is 0.381. The van der Waals surface area contributed by atoms with Gasteiger partial charge in [0.25, 0.3) is 0 Å². The van der Waals surface area contributed by atoms with Crippen LogP contribution in [-0.4, -0.2) is 41.9 Å². The second-order valence-corrected chi connectivity index (χ2v) is 8.51. The van der Waals surface area contributed by atoms with Crippen LogP contribution in [0.3, 0.4) is 0 Å². The molecular formula is C21H22Cl2N2O. The number of benzene rings is 2. The van der Waals surface area contributed by atoms with Crippen molar-refractivity contribution in [3.63, 3.8) is 0 Å². The average molecular weight is 389 g/mol. The quantitative estimate of drug-likeness (QED) is 0.780. The summed E-state index contributed by atoms with van der Waals surface area (Å²) in [7, 11) is 0. The van der Waals surface area contributed by atoms with Crippen LogP contribution in [0.5, 0.6) is 0 Å². The Kier molecular flexibility index (Phi) is 4.96. The SMILES string of the molecule is O=C(Cc1ccc(Cl)cc1)N1CCC2(CN(Cc3ccc(Cl)cc3)C2)C1. The van der Waals surface area contributed by atoms with Gasteiger partial charge in [-0.05, 0) is 41.8 Å². The largest absolute Gasteiger partial charge is 0.342 e. The first kappa shape index (κ1) is 17.8. The average Bonchev–Trinajstić information content (AvgIpc) is 3.04. The first-order valence-corrected chi connectivity index (χ1v) is 9.76. The van der Waals surface area contributed by atoms with Crippen LogP contribution in [0.25, 0.3) is 0 Å². The zero-order valence-corrected chi connectivity index (χ0v) is 16.1. The molecule has 0 bridgehead atoms. The molecule has 2 saturated heterocycles. The Hall–Kier alpha value is -1.55. The molecule has 2 aromatic rings. The van der Waals surface area contributed by atoms with E-state index in [1.54, 1.807) is 0 Å². The molecule has 0 saturated carbocycles. The molecule has 1 spiro atoms. The Bertz CT molecular complexity index is 783. The third kappa shape index (κ3) is 3.90. The maximum absolute atomic E-state index is 12.6. The minimum absolute atomic E-state index is 0.223. The van der Waals surface area contributed by atoms with Crippen molar-refractivity contribution in [3.8, 4) is 0 Å². The second kappa shape index (κ2) is 7.22. The van der Waals surface area contributed by atoms with Crippen LogP contribution >= 0.6 is 23.2 Å². The lowest BCUT2D eigenvalue weighted by molar-refractivity contribution is -0.130. The van der Waals surface area contributed by atoms with Crippen molar-refractivity contribution >= 4 is 29.1 Å². The van der Waals surface area contributed by atoms with Gasteiger partial charge in [-0.1, -0.05) is 47.5 Å². The van der Waals surface area contributed by atoms with Crippen LogP contribution in [0.1, 0.15) is 17.5 Å². The molecule has 2 heterocycles. The standard InChI is InChI=1S/C21H22Cl2N2O/c22-18-5-1-16(2-6-18)11-20(26)25-10-9-21(15-25)13-24(14-21)12-17-3-7-19(23)8-4-17/h1-8H,9-15H2. The van der Waals surface area contributed by atoms with Gasteiger partial charge < -0.3 is 4.90 Å². The summed E-state index contributed by atoms with van der Waals surface area (Å²) in [5.74, 6) is 0.223. The summed E-state index contributed by atoms with van der Waals surface area (Å²) in [6.07, 6.45) is 1.57. The lowest BCUT2D eigenvalue weighted by Crippen LogP contribution is -2.57. The molecule has 0 atom stereocenters. The smallest absolute Gasteiger partial charge is 0.227 e. The molecule has 0 N–H and O–H groups in total. The summed E-state index contributed by atoms with van der Waals surface area (Å²) < 4.78 is 0. The number of amides is 1. The van der Waals surface area contributed by atoms with Gasteiger partial charge in [0.05, 0.1) is 6.42 Å². The maximum Gasteiger partial charge on any atom is 0.227 e. The highest BCUT2D eigenvalue weighted by Crippen LogP contribution is 2.40. The van der Waals surface area contributed by atoms with E-state index < -0.39 is 0 Å². The van der Waals surface area contributed by atoms with Crippen molar-refractivity contribution in [2.75, 3.05) is 26.2 Å². The number of hydrogen-bond donors (Lipinski definition) is 0. The van der Waals surface area contributed by atoms with Gasteiger partial charge in [-0.25, -0.2) is 0 Å². The molecule has 2 fully saturated rings. The van der Waals surface area contributed by atoms with Crippen LogP contribution in [0.15, 0.2) is 48.5 Å². The maximum atomic E-state index is 12.6. The summed E-state index contributed by atoms with van der Waals surface area (Å²) >= 11 is 11.9. The van der Waals surface area contributed by atoms with E-state index in [1.165, 1.54) is 5.56 Å². The molecule has 0 aliphatic carbocycles.